The van der Waals surface area contributed by atoms with Gasteiger partial charge in [-0.3, -0.25) is 10.2 Å². The number of nitrogens with one attached hydrogen (secondary N) is 1. The van der Waals surface area contributed by atoms with Crippen LogP contribution < -0.4 is 15.1 Å². The molecule has 0 aliphatic carbocycles. The Morgan fingerprint density at radius 1 is 1.16 bits per heavy atom. The molecule has 2 N–H and O–H groups in total. The smallest absolute Gasteiger partial charge is 0.242 e. The van der Waals surface area contributed by atoms with Gasteiger partial charge in [-0.2, -0.15) is 4.52 Å². The van der Waals surface area contributed by atoms with E-state index >= 15 is 0 Å². The standard InChI is InChI=1S/C22H29N5O4.ClH/c1-6-30-19-9-14(2)20-25-26(21(23)27(20)24-19)13-18(29)15-10-16(22(3,4)5)12-17(11-15)31-8-7-28;/h9-12,23,28H,6-8,13H2,1-5H3;1H. The number of aryl methyl sites for hydroxylation is 1. The third-order valence-electron chi connectivity index (χ3n) is 4.79. The van der Waals surface area contributed by atoms with Crippen molar-refractivity contribution in [1.29, 1.82) is 5.41 Å². The zero-order valence-electron chi connectivity index (χ0n) is 19.0. The average Bonchev–Trinajstić information content (AvgIpc) is 3.02. The quantitative estimate of drug-likeness (QED) is 0.496. The number of fused-ring (bicyclic) bond motifs is 1. The lowest BCUT2D eigenvalue weighted by Gasteiger charge is -2.21. The number of rotatable bonds is 8. The zero-order valence-corrected chi connectivity index (χ0v) is 19.8. The molecule has 2 aromatic heterocycles. The number of nitrogens with zero attached hydrogens (tertiary/aromatic N) is 4. The van der Waals surface area contributed by atoms with Gasteiger partial charge in [-0.1, -0.05) is 20.8 Å². The first-order valence-corrected chi connectivity index (χ1v) is 10.2. The fraction of sp³-hybridized carbons (Fsp3) is 0.455. The maximum atomic E-state index is 13.1. The van der Waals surface area contributed by atoms with E-state index in [9.17, 15) is 4.79 Å². The second-order valence-electron chi connectivity index (χ2n) is 8.31. The maximum absolute atomic E-state index is 13.1. The predicted octanol–water partition coefficient (Wildman–Crippen LogP) is 2.69. The fourth-order valence-electron chi connectivity index (χ4n) is 3.13. The highest BCUT2D eigenvalue weighted by Crippen LogP contribution is 2.28. The molecule has 3 aromatic rings. The van der Waals surface area contributed by atoms with E-state index in [1.54, 1.807) is 12.1 Å². The van der Waals surface area contributed by atoms with E-state index in [2.05, 4.69) is 31.0 Å². The summed E-state index contributed by atoms with van der Waals surface area (Å²) in [4.78, 5) is 13.1. The van der Waals surface area contributed by atoms with Crippen LogP contribution in [0.3, 0.4) is 0 Å². The Balaban J connectivity index is 0.00000363. The molecule has 3 rings (SSSR count). The topological polar surface area (TPSA) is 115 Å². The number of ether oxygens (including phenoxy) is 2. The first-order valence-electron chi connectivity index (χ1n) is 10.2. The van der Waals surface area contributed by atoms with Crippen LogP contribution in [0.25, 0.3) is 5.65 Å². The normalized spacial score (nSPS) is 11.3. The lowest BCUT2D eigenvalue weighted by molar-refractivity contribution is 0.0965. The molecule has 0 aliphatic rings. The molecule has 32 heavy (non-hydrogen) atoms. The van der Waals surface area contributed by atoms with Crippen LogP contribution in [0.4, 0.5) is 0 Å². The minimum absolute atomic E-state index is 0. The van der Waals surface area contributed by atoms with Gasteiger partial charge in [-0.25, -0.2) is 4.68 Å². The van der Waals surface area contributed by atoms with Crippen LogP contribution in [0.5, 0.6) is 11.6 Å². The number of carbonyl (C=O) groups excluding carboxylic acids is 1. The molecule has 174 valence electrons. The van der Waals surface area contributed by atoms with Gasteiger partial charge in [0.2, 0.25) is 11.5 Å². The molecule has 0 bridgehead atoms. The largest absolute Gasteiger partial charge is 0.491 e. The monoisotopic (exact) mass is 463 g/mol. The molecule has 0 atom stereocenters. The van der Waals surface area contributed by atoms with E-state index in [1.165, 1.54) is 9.20 Å². The van der Waals surface area contributed by atoms with Crippen molar-refractivity contribution in [3.63, 3.8) is 0 Å². The molecule has 0 saturated heterocycles. The van der Waals surface area contributed by atoms with Gasteiger partial charge in [-0.05, 0) is 43.0 Å². The second-order valence-corrected chi connectivity index (χ2v) is 8.31. The van der Waals surface area contributed by atoms with Crippen molar-refractivity contribution in [3.8, 4) is 11.6 Å². The van der Waals surface area contributed by atoms with Crippen molar-refractivity contribution < 1.29 is 19.4 Å². The molecule has 0 spiro atoms. The number of hydrogen-bond acceptors (Lipinski definition) is 7. The molecule has 1 aromatic carbocycles. The third kappa shape index (κ3) is 5.46. The van der Waals surface area contributed by atoms with Crippen molar-refractivity contribution >= 4 is 23.8 Å². The van der Waals surface area contributed by atoms with Crippen LogP contribution in [-0.4, -0.2) is 50.1 Å². The van der Waals surface area contributed by atoms with Gasteiger partial charge >= 0.3 is 0 Å². The Morgan fingerprint density at radius 3 is 2.50 bits per heavy atom. The minimum atomic E-state index is -0.204. The number of Topliss-reactive ketones (excluding diaryl/α,β-unsaturated/α-hetero) is 1. The van der Waals surface area contributed by atoms with Gasteiger partial charge in [0.05, 0.1) is 13.2 Å². The average molecular weight is 464 g/mol. The predicted molar refractivity (Wildman–Crippen MR) is 122 cm³/mol. The van der Waals surface area contributed by atoms with E-state index in [0.29, 0.717) is 29.4 Å². The number of hydrogen-bond donors (Lipinski definition) is 2. The Bertz CT molecular complexity index is 1160. The van der Waals surface area contributed by atoms with Gasteiger partial charge in [0.25, 0.3) is 0 Å². The lowest BCUT2D eigenvalue weighted by Crippen LogP contribution is -2.26. The molecular formula is C22H30ClN5O4. The summed E-state index contributed by atoms with van der Waals surface area (Å²) < 4.78 is 13.7. The SMILES string of the molecule is CCOc1cc(C)c2nn(CC(=O)c3cc(OCCO)cc(C(C)(C)C)c3)c(=N)n2n1.Cl. The fourth-order valence-corrected chi connectivity index (χ4v) is 3.13. The number of aromatic nitrogens is 4. The highest BCUT2D eigenvalue weighted by atomic mass is 35.5. The van der Waals surface area contributed by atoms with E-state index in [-0.39, 0.29) is 49.0 Å². The van der Waals surface area contributed by atoms with Crippen LogP contribution in [0.1, 0.15) is 49.2 Å². The van der Waals surface area contributed by atoms with E-state index in [1.807, 2.05) is 26.0 Å². The highest BCUT2D eigenvalue weighted by Gasteiger charge is 2.20. The Kier molecular flexibility index (Phi) is 8.03. The minimum Gasteiger partial charge on any atom is -0.491 e. The molecule has 0 aliphatic heterocycles. The van der Waals surface area contributed by atoms with Crippen LogP contribution >= 0.6 is 12.4 Å². The van der Waals surface area contributed by atoms with E-state index < -0.39 is 0 Å². The maximum Gasteiger partial charge on any atom is 0.242 e. The summed E-state index contributed by atoms with van der Waals surface area (Å²) in [5.74, 6) is 0.722. The van der Waals surface area contributed by atoms with E-state index in [0.717, 1.165) is 11.1 Å². The summed E-state index contributed by atoms with van der Waals surface area (Å²) in [6, 6.07) is 7.13. The molecule has 0 fully saturated rings. The number of halogens is 1. The molecule has 0 radical (unpaired) electrons. The van der Waals surface area contributed by atoms with Crippen LogP contribution in [0.2, 0.25) is 0 Å². The summed E-state index contributed by atoms with van der Waals surface area (Å²) in [5, 5.41) is 26.2. The lowest BCUT2D eigenvalue weighted by atomic mass is 9.85. The van der Waals surface area contributed by atoms with Crippen molar-refractivity contribution in [2.45, 2.75) is 46.6 Å². The highest BCUT2D eigenvalue weighted by molar-refractivity contribution is 5.96. The third-order valence-corrected chi connectivity index (χ3v) is 4.79. The summed E-state index contributed by atoms with van der Waals surface area (Å²) in [7, 11) is 0. The Labute approximate surface area is 192 Å². The Morgan fingerprint density at radius 2 is 1.88 bits per heavy atom. The summed E-state index contributed by atoms with van der Waals surface area (Å²) in [6.45, 7) is 10.3. The summed E-state index contributed by atoms with van der Waals surface area (Å²) in [6.07, 6.45) is 0. The molecule has 9 nitrogen and oxygen atoms in total. The van der Waals surface area contributed by atoms with Gasteiger partial charge in [0.15, 0.2) is 11.4 Å². The van der Waals surface area contributed by atoms with Crippen molar-refractivity contribution in [2.75, 3.05) is 19.8 Å². The number of carbonyl (C=O) groups is 1. The number of aliphatic hydroxyl groups is 1. The molecule has 0 unspecified atom stereocenters. The molecule has 0 saturated carbocycles. The van der Waals surface area contributed by atoms with Crippen molar-refractivity contribution in [1.82, 2.24) is 19.4 Å². The summed E-state index contributed by atoms with van der Waals surface area (Å²) in [5.41, 5.74) is 2.49. The van der Waals surface area contributed by atoms with Crippen LogP contribution in [-0.2, 0) is 12.0 Å². The van der Waals surface area contributed by atoms with Crippen LogP contribution in [0.15, 0.2) is 24.3 Å². The van der Waals surface area contributed by atoms with Gasteiger partial charge in [0.1, 0.15) is 18.9 Å². The van der Waals surface area contributed by atoms with Crippen molar-refractivity contribution in [2.24, 2.45) is 0 Å². The van der Waals surface area contributed by atoms with Gasteiger partial charge < -0.3 is 14.6 Å². The molecule has 0 amide bonds. The number of benzene rings is 1. The van der Waals surface area contributed by atoms with Gasteiger partial charge in [0, 0.05) is 17.2 Å². The number of aliphatic hydroxyl groups excluding tert-OH is 1. The first kappa shape index (κ1) is 25.4. The second kappa shape index (κ2) is 10.1. The van der Waals surface area contributed by atoms with Crippen molar-refractivity contribution in [3.05, 3.63) is 46.6 Å². The Hall–Kier alpha value is -2.91. The number of ketones is 1. The van der Waals surface area contributed by atoms with Gasteiger partial charge in [-0.15, -0.1) is 22.6 Å². The molecule has 10 heteroatoms. The van der Waals surface area contributed by atoms with Crippen LogP contribution in [0, 0.1) is 12.3 Å². The summed E-state index contributed by atoms with van der Waals surface area (Å²) >= 11 is 0. The molecule has 2 heterocycles. The first-order chi connectivity index (χ1) is 14.6. The zero-order chi connectivity index (χ0) is 22.8. The molecular weight excluding hydrogens is 434 g/mol. The van der Waals surface area contributed by atoms with E-state index in [4.69, 9.17) is 20.0 Å².